The van der Waals surface area contributed by atoms with Gasteiger partial charge in [-0.25, -0.2) is 8.42 Å². The van der Waals surface area contributed by atoms with Crippen LogP contribution in [0, 0.1) is 5.92 Å². The second kappa shape index (κ2) is 7.78. The standard InChI is InChI=1S/C21H25ClN2O4S/c1-14-11-19(14)20-10-7-17(28-20)12-24(16-5-6-16)21(25)13-23(2)29(26,27)18-8-3-15(22)4-9-18/h3-4,7-10,14,16,19H,5-6,11-13H2,1-2H3. The topological polar surface area (TPSA) is 70.8 Å². The van der Waals surface area contributed by atoms with Crippen molar-refractivity contribution in [2.75, 3.05) is 13.6 Å². The Morgan fingerprint density at radius 1 is 1.17 bits per heavy atom. The van der Waals surface area contributed by atoms with Crippen molar-refractivity contribution in [1.82, 2.24) is 9.21 Å². The van der Waals surface area contributed by atoms with Crippen LogP contribution in [-0.2, 0) is 21.4 Å². The molecule has 0 N–H and O–H groups in total. The first-order valence-electron chi connectivity index (χ1n) is 9.85. The van der Waals surface area contributed by atoms with Crippen molar-refractivity contribution in [1.29, 1.82) is 0 Å². The number of amides is 1. The van der Waals surface area contributed by atoms with Crippen molar-refractivity contribution in [2.24, 2.45) is 5.92 Å². The second-order valence-corrected chi connectivity index (χ2v) is 10.6. The van der Waals surface area contributed by atoms with Crippen LogP contribution in [0.4, 0.5) is 0 Å². The molecule has 1 aromatic carbocycles. The minimum atomic E-state index is -3.76. The molecule has 2 aromatic rings. The number of benzene rings is 1. The molecule has 2 atom stereocenters. The molecular weight excluding hydrogens is 412 g/mol. The van der Waals surface area contributed by atoms with Gasteiger partial charge >= 0.3 is 0 Å². The normalized spacial score (nSPS) is 21.4. The number of carbonyl (C=O) groups excluding carboxylic acids is 1. The zero-order chi connectivity index (χ0) is 20.8. The van der Waals surface area contributed by atoms with Crippen LogP contribution < -0.4 is 0 Å². The number of sulfonamides is 1. The molecular formula is C21H25ClN2O4S. The molecule has 0 aliphatic heterocycles. The van der Waals surface area contributed by atoms with E-state index in [1.807, 2.05) is 12.1 Å². The molecule has 1 heterocycles. The maximum absolute atomic E-state index is 12.9. The van der Waals surface area contributed by atoms with Gasteiger partial charge in [-0.05, 0) is 61.6 Å². The van der Waals surface area contributed by atoms with E-state index in [0.717, 1.165) is 35.1 Å². The van der Waals surface area contributed by atoms with Crippen molar-refractivity contribution in [2.45, 2.75) is 49.6 Å². The van der Waals surface area contributed by atoms with E-state index in [1.54, 1.807) is 4.90 Å². The summed E-state index contributed by atoms with van der Waals surface area (Å²) < 4.78 is 32.6. The average Bonchev–Trinajstić information content (AvgIpc) is 3.60. The lowest BCUT2D eigenvalue weighted by atomic mass is 10.3. The van der Waals surface area contributed by atoms with Crippen molar-refractivity contribution in [3.05, 3.63) is 52.9 Å². The zero-order valence-corrected chi connectivity index (χ0v) is 18.1. The van der Waals surface area contributed by atoms with Gasteiger partial charge in [0.1, 0.15) is 11.5 Å². The van der Waals surface area contributed by atoms with Gasteiger partial charge in [0.2, 0.25) is 15.9 Å². The van der Waals surface area contributed by atoms with E-state index in [-0.39, 0.29) is 23.4 Å². The Bertz CT molecular complexity index is 998. The van der Waals surface area contributed by atoms with Crippen LogP contribution in [0.3, 0.4) is 0 Å². The molecule has 0 radical (unpaired) electrons. The van der Waals surface area contributed by atoms with Gasteiger partial charge in [0, 0.05) is 24.0 Å². The Morgan fingerprint density at radius 2 is 1.83 bits per heavy atom. The third kappa shape index (κ3) is 4.52. The van der Waals surface area contributed by atoms with Gasteiger partial charge in [-0.2, -0.15) is 4.31 Å². The highest BCUT2D eigenvalue weighted by Crippen LogP contribution is 2.47. The minimum absolute atomic E-state index is 0.115. The summed E-state index contributed by atoms with van der Waals surface area (Å²) in [4.78, 5) is 14.8. The predicted octanol–water partition coefficient (Wildman–Crippen LogP) is 3.87. The fourth-order valence-electron chi connectivity index (χ4n) is 3.53. The number of hydrogen-bond acceptors (Lipinski definition) is 4. The minimum Gasteiger partial charge on any atom is -0.464 e. The van der Waals surface area contributed by atoms with Crippen molar-refractivity contribution in [3.63, 3.8) is 0 Å². The van der Waals surface area contributed by atoms with Crippen molar-refractivity contribution < 1.29 is 17.6 Å². The molecule has 2 saturated carbocycles. The number of nitrogens with zero attached hydrogens (tertiary/aromatic N) is 2. The fourth-order valence-corrected chi connectivity index (χ4v) is 4.77. The molecule has 0 saturated heterocycles. The first kappa shape index (κ1) is 20.4. The fraction of sp³-hybridized carbons (Fsp3) is 0.476. The SMILES string of the molecule is CC1CC1c1ccc(CN(C(=O)CN(C)S(=O)(=O)c2ccc(Cl)cc2)C2CC2)o1. The van der Waals surface area contributed by atoms with Crippen LogP contribution >= 0.6 is 11.6 Å². The molecule has 1 aromatic heterocycles. The quantitative estimate of drug-likeness (QED) is 0.629. The molecule has 1 amide bonds. The zero-order valence-electron chi connectivity index (χ0n) is 16.5. The monoisotopic (exact) mass is 436 g/mol. The van der Waals surface area contributed by atoms with Gasteiger partial charge in [0.05, 0.1) is 18.0 Å². The molecule has 8 heteroatoms. The summed E-state index contributed by atoms with van der Waals surface area (Å²) >= 11 is 5.84. The molecule has 2 fully saturated rings. The van der Waals surface area contributed by atoms with E-state index < -0.39 is 10.0 Å². The van der Waals surface area contributed by atoms with E-state index in [0.29, 0.717) is 23.4 Å². The largest absolute Gasteiger partial charge is 0.464 e. The molecule has 6 nitrogen and oxygen atoms in total. The Morgan fingerprint density at radius 3 is 2.41 bits per heavy atom. The van der Waals surface area contributed by atoms with Crippen LogP contribution in [0.1, 0.15) is 43.6 Å². The summed E-state index contributed by atoms with van der Waals surface area (Å²) in [6.45, 7) is 2.36. The van der Waals surface area contributed by atoms with Gasteiger partial charge in [0.25, 0.3) is 0 Å². The van der Waals surface area contributed by atoms with Gasteiger partial charge in [0.15, 0.2) is 0 Å². The third-order valence-electron chi connectivity index (χ3n) is 5.67. The highest BCUT2D eigenvalue weighted by atomic mass is 35.5. The maximum atomic E-state index is 12.9. The number of likely N-dealkylation sites (N-methyl/N-ethyl adjacent to an activating group) is 1. The van der Waals surface area contributed by atoms with E-state index in [2.05, 4.69) is 6.92 Å². The van der Waals surface area contributed by atoms with Crippen LogP contribution in [-0.4, -0.2) is 43.2 Å². The molecule has 2 aliphatic rings. The lowest BCUT2D eigenvalue weighted by Gasteiger charge is -2.24. The van der Waals surface area contributed by atoms with E-state index in [4.69, 9.17) is 16.0 Å². The first-order chi connectivity index (χ1) is 13.8. The summed E-state index contributed by atoms with van der Waals surface area (Å²) in [5.41, 5.74) is 0. The molecule has 0 bridgehead atoms. The first-order valence-corrected chi connectivity index (χ1v) is 11.7. The highest BCUT2D eigenvalue weighted by molar-refractivity contribution is 7.89. The van der Waals surface area contributed by atoms with Crippen LogP contribution in [0.25, 0.3) is 0 Å². The molecule has 0 spiro atoms. The lowest BCUT2D eigenvalue weighted by molar-refractivity contribution is -0.132. The number of rotatable bonds is 8. The summed E-state index contributed by atoms with van der Waals surface area (Å²) in [7, 11) is -2.34. The van der Waals surface area contributed by atoms with E-state index in [9.17, 15) is 13.2 Å². The number of halogens is 1. The third-order valence-corrected chi connectivity index (χ3v) is 7.74. The highest BCUT2D eigenvalue weighted by Gasteiger charge is 2.38. The van der Waals surface area contributed by atoms with Crippen LogP contribution in [0.2, 0.25) is 5.02 Å². The molecule has 29 heavy (non-hydrogen) atoms. The Balaban J connectivity index is 1.43. The Labute approximate surface area is 176 Å². The summed E-state index contributed by atoms with van der Waals surface area (Å²) in [6.07, 6.45) is 3.02. The van der Waals surface area contributed by atoms with E-state index in [1.165, 1.54) is 31.3 Å². The van der Waals surface area contributed by atoms with Gasteiger partial charge in [-0.3, -0.25) is 4.79 Å². The lowest BCUT2D eigenvalue weighted by Crippen LogP contribution is -2.41. The molecule has 156 valence electrons. The van der Waals surface area contributed by atoms with Gasteiger partial charge in [-0.1, -0.05) is 18.5 Å². The number of furan rings is 1. The molecule has 2 aliphatic carbocycles. The van der Waals surface area contributed by atoms with E-state index >= 15 is 0 Å². The second-order valence-electron chi connectivity index (χ2n) is 8.09. The summed E-state index contributed by atoms with van der Waals surface area (Å²) in [6, 6.07) is 10.0. The Kier molecular flexibility index (Phi) is 5.48. The number of hydrogen-bond donors (Lipinski definition) is 0. The van der Waals surface area contributed by atoms with Crippen LogP contribution in [0.15, 0.2) is 45.7 Å². The molecule has 4 rings (SSSR count). The van der Waals surface area contributed by atoms with Crippen molar-refractivity contribution >= 4 is 27.5 Å². The summed E-state index contributed by atoms with van der Waals surface area (Å²) in [5.74, 6) is 2.66. The van der Waals surface area contributed by atoms with Gasteiger partial charge in [-0.15, -0.1) is 0 Å². The van der Waals surface area contributed by atoms with Crippen molar-refractivity contribution in [3.8, 4) is 0 Å². The van der Waals surface area contributed by atoms with Crippen LogP contribution in [0.5, 0.6) is 0 Å². The van der Waals surface area contributed by atoms with Gasteiger partial charge < -0.3 is 9.32 Å². The maximum Gasteiger partial charge on any atom is 0.243 e. The Hall–Kier alpha value is -1.83. The molecule has 2 unspecified atom stereocenters. The predicted molar refractivity (Wildman–Crippen MR) is 110 cm³/mol. The average molecular weight is 437 g/mol. The smallest absolute Gasteiger partial charge is 0.243 e. The summed E-state index contributed by atoms with van der Waals surface area (Å²) in [5, 5.41) is 0.459. The number of carbonyl (C=O) groups is 1.